The topological polar surface area (TPSA) is 72.7 Å². The summed E-state index contributed by atoms with van der Waals surface area (Å²) in [5.41, 5.74) is 0.00433. The van der Waals surface area contributed by atoms with Gasteiger partial charge in [0.25, 0.3) is 5.91 Å². The molecule has 21 heavy (non-hydrogen) atoms. The Morgan fingerprint density at radius 1 is 1.52 bits per heavy atom. The van der Waals surface area contributed by atoms with Crippen molar-refractivity contribution in [2.45, 2.75) is 32.4 Å². The SMILES string of the molecule is CC(NC(=O)c1cc(F)cnc1Cl)c1nnc2n1CCC2. The molecule has 0 spiro atoms. The van der Waals surface area contributed by atoms with Crippen molar-refractivity contribution in [2.75, 3.05) is 0 Å². The highest BCUT2D eigenvalue weighted by Crippen LogP contribution is 2.20. The molecule has 1 aliphatic heterocycles. The first-order valence-corrected chi connectivity index (χ1v) is 6.98. The van der Waals surface area contributed by atoms with E-state index in [0.29, 0.717) is 5.82 Å². The molecular weight excluding hydrogens is 297 g/mol. The van der Waals surface area contributed by atoms with Crippen molar-refractivity contribution in [1.82, 2.24) is 25.1 Å². The average molecular weight is 310 g/mol. The van der Waals surface area contributed by atoms with E-state index in [1.54, 1.807) is 6.92 Å². The van der Waals surface area contributed by atoms with Gasteiger partial charge in [0.2, 0.25) is 0 Å². The summed E-state index contributed by atoms with van der Waals surface area (Å²) in [7, 11) is 0. The standard InChI is InChI=1S/C13H13ClFN5O/c1-7(12-19-18-10-3-2-4-20(10)12)17-13(21)9-5-8(15)6-16-11(9)14/h5-7H,2-4H2,1H3,(H,17,21). The van der Waals surface area contributed by atoms with Crippen molar-refractivity contribution in [3.8, 4) is 0 Å². The smallest absolute Gasteiger partial charge is 0.255 e. The molecule has 0 saturated carbocycles. The summed E-state index contributed by atoms with van der Waals surface area (Å²) < 4.78 is 15.2. The number of amides is 1. The number of hydrogen-bond donors (Lipinski definition) is 1. The molecule has 1 N–H and O–H groups in total. The van der Waals surface area contributed by atoms with Crippen LogP contribution in [0.1, 0.15) is 41.4 Å². The van der Waals surface area contributed by atoms with Gasteiger partial charge in [0.05, 0.1) is 17.8 Å². The van der Waals surface area contributed by atoms with Crippen LogP contribution < -0.4 is 5.32 Å². The van der Waals surface area contributed by atoms with Gasteiger partial charge >= 0.3 is 0 Å². The Labute approximate surface area is 125 Å². The number of carbonyl (C=O) groups excluding carboxylic acids is 1. The van der Waals surface area contributed by atoms with E-state index in [0.717, 1.165) is 37.5 Å². The molecule has 1 aliphatic rings. The van der Waals surface area contributed by atoms with Gasteiger partial charge in [-0.15, -0.1) is 10.2 Å². The van der Waals surface area contributed by atoms with Gasteiger partial charge in [0.15, 0.2) is 5.82 Å². The lowest BCUT2D eigenvalue weighted by Gasteiger charge is -2.14. The van der Waals surface area contributed by atoms with Gasteiger partial charge in [0.1, 0.15) is 16.8 Å². The zero-order chi connectivity index (χ0) is 15.0. The molecule has 3 heterocycles. The van der Waals surface area contributed by atoms with Gasteiger partial charge in [-0.05, 0) is 19.4 Å². The summed E-state index contributed by atoms with van der Waals surface area (Å²) in [6, 6.07) is 0.710. The maximum absolute atomic E-state index is 13.2. The number of nitrogens with zero attached hydrogens (tertiary/aromatic N) is 4. The van der Waals surface area contributed by atoms with Crippen LogP contribution in [-0.4, -0.2) is 25.7 Å². The average Bonchev–Trinajstić information content (AvgIpc) is 3.03. The monoisotopic (exact) mass is 309 g/mol. The van der Waals surface area contributed by atoms with Crippen molar-refractivity contribution >= 4 is 17.5 Å². The molecule has 110 valence electrons. The normalized spacial score (nSPS) is 14.8. The summed E-state index contributed by atoms with van der Waals surface area (Å²) in [6.07, 6.45) is 2.89. The first-order chi connectivity index (χ1) is 10.1. The molecule has 0 saturated heterocycles. The van der Waals surface area contributed by atoms with E-state index in [1.807, 2.05) is 4.57 Å². The molecule has 0 radical (unpaired) electrons. The van der Waals surface area contributed by atoms with Gasteiger partial charge in [-0.1, -0.05) is 11.6 Å². The molecule has 0 fully saturated rings. The van der Waals surface area contributed by atoms with Gasteiger partial charge < -0.3 is 9.88 Å². The molecule has 1 unspecified atom stereocenters. The number of fused-ring (bicyclic) bond motifs is 1. The lowest BCUT2D eigenvalue weighted by Crippen LogP contribution is -2.29. The number of aryl methyl sites for hydroxylation is 1. The number of nitrogens with one attached hydrogen (secondary N) is 1. The number of hydrogen-bond acceptors (Lipinski definition) is 4. The zero-order valence-corrected chi connectivity index (χ0v) is 12.1. The summed E-state index contributed by atoms with van der Waals surface area (Å²) >= 11 is 5.82. The molecule has 0 bridgehead atoms. The number of carbonyl (C=O) groups is 1. The highest BCUT2D eigenvalue weighted by molar-refractivity contribution is 6.32. The minimum Gasteiger partial charge on any atom is -0.342 e. The number of rotatable bonds is 3. The Kier molecular flexibility index (Phi) is 3.59. The molecule has 3 rings (SSSR count). The van der Waals surface area contributed by atoms with Crippen LogP contribution in [0.5, 0.6) is 0 Å². The van der Waals surface area contributed by atoms with E-state index < -0.39 is 11.7 Å². The fourth-order valence-corrected chi connectivity index (χ4v) is 2.60. The molecule has 2 aromatic heterocycles. The predicted octanol–water partition coefficient (Wildman–Crippen LogP) is 1.90. The maximum atomic E-state index is 13.2. The lowest BCUT2D eigenvalue weighted by molar-refractivity contribution is 0.0937. The Bertz CT molecular complexity index is 702. The quantitative estimate of drug-likeness (QED) is 0.879. The maximum Gasteiger partial charge on any atom is 0.255 e. The summed E-state index contributed by atoms with van der Waals surface area (Å²) in [6.45, 7) is 2.65. The molecule has 1 atom stereocenters. The van der Waals surface area contributed by atoms with Crippen molar-refractivity contribution in [3.05, 3.63) is 40.4 Å². The van der Waals surface area contributed by atoms with E-state index >= 15 is 0 Å². The van der Waals surface area contributed by atoms with Gasteiger partial charge in [-0.2, -0.15) is 0 Å². The van der Waals surface area contributed by atoms with E-state index in [1.165, 1.54) is 0 Å². The molecule has 2 aromatic rings. The minimum absolute atomic E-state index is 0.00433. The van der Waals surface area contributed by atoms with Crippen LogP contribution in [0.3, 0.4) is 0 Å². The third-order valence-electron chi connectivity index (χ3n) is 3.42. The second kappa shape index (κ2) is 5.40. The van der Waals surface area contributed by atoms with Crippen LogP contribution in [0.15, 0.2) is 12.3 Å². The highest BCUT2D eigenvalue weighted by Gasteiger charge is 2.23. The van der Waals surface area contributed by atoms with Crippen LogP contribution >= 0.6 is 11.6 Å². The second-order valence-electron chi connectivity index (χ2n) is 4.92. The summed E-state index contributed by atoms with van der Waals surface area (Å²) in [5, 5.41) is 10.9. The molecule has 1 amide bonds. The Morgan fingerprint density at radius 2 is 2.33 bits per heavy atom. The van der Waals surface area contributed by atoms with Crippen molar-refractivity contribution in [2.24, 2.45) is 0 Å². The largest absolute Gasteiger partial charge is 0.342 e. The van der Waals surface area contributed by atoms with Crippen molar-refractivity contribution < 1.29 is 9.18 Å². The third-order valence-corrected chi connectivity index (χ3v) is 3.72. The second-order valence-corrected chi connectivity index (χ2v) is 5.27. The number of pyridine rings is 1. The first-order valence-electron chi connectivity index (χ1n) is 6.60. The van der Waals surface area contributed by atoms with Crippen molar-refractivity contribution in [3.63, 3.8) is 0 Å². The van der Waals surface area contributed by atoms with E-state index in [2.05, 4.69) is 20.5 Å². The predicted molar refractivity (Wildman–Crippen MR) is 73.4 cm³/mol. The summed E-state index contributed by atoms with van der Waals surface area (Å²) in [4.78, 5) is 15.8. The zero-order valence-electron chi connectivity index (χ0n) is 11.3. The van der Waals surface area contributed by atoms with Gasteiger partial charge in [-0.25, -0.2) is 9.37 Å². The molecule has 8 heteroatoms. The minimum atomic E-state index is -0.611. The fraction of sp³-hybridized carbons (Fsp3) is 0.385. The lowest BCUT2D eigenvalue weighted by atomic mass is 10.2. The Hall–Kier alpha value is -2.02. The Morgan fingerprint density at radius 3 is 3.14 bits per heavy atom. The first kappa shape index (κ1) is 13.9. The molecule has 0 aliphatic carbocycles. The Balaban J connectivity index is 1.79. The van der Waals surface area contributed by atoms with Gasteiger partial charge in [0, 0.05) is 13.0 Å². The number of aromatic nitrogens is 4. The number of halogens is 2. The highest BCUT2D eigenvalue weighted by atomic mass is 35.5. The summed E-state index contributed by atoms with van der Waals surface area (Å²) in [5.74, 6) is 0.517. The van der Waals surface area contributed by atoms with Crippen LogP contribution in [-0.2, 0) is 13.0 Å². The van der Waals surface area contributed by atoms with E-state index in [4.69, 9.17) is 11.6 Å². The van der Waals surface area contributed by atoms with Crippen LogP contribution in [0.2, 0.25) is 5.15 Å². The van der Waals surface area contributed by atoms with E-state index in [9.17, 15) is 9.18 Å². The van der Waals surface area contributed by atoms with E-state index in [-0.39, 0.29) is 16.8 Å². The fourth-order valence-electron chi connectivity index (χ4n) is 2.41. The van der Waals surface area contributed by atoms with Crippen LogP contribution in [0.4, 0.5) is 4.39 Å². The molecular formula is C13H13ClFN5O. The van der Waals surface area contributed by atoms with Gasteiger partial charge in [-0.3, -0.25) is 4.79 Å². The van der Waals surface area contributed by atoms with Crippen molar-refractivity contribution in [1.29, 1.82) is 0 Å². The molecule has 6 nitrogen and oxygen atoms in total. The third kappa shape index (κ3) is 2.61. The van der Waals surface area contributed by atoms with Crippen LogP contribution in [0, 0.1) is 5.82 Å². The molecule has 0 aromatic carbocycles. The van der Waals surface area contributed by atoms with Crippen LogP contribution in [0.25, 0.3) is 0 Å².